The van der Waals surface area contributed by atoms with Crippen LogP contribution in [-0.2, 0) is 15.0 Å². The lowest BCUT2D eigenvalue weighted by molar-refractivity contribution is -0.152. The number of rotatable bonds is 8. The number of aliphatic carboxylic acids is 2. The summed E-state index contributed by atoms with van der Waals surface area (Å²) in [5.41, 5.74) is -0.899. The normalized spacial score (nSPS) is 12.3. The van der Waals surface area contributed by atoms with Crippen LogP contribution in [0.3, 0.4) is 0 Å². The van der Waals surface area contributed by atoms with Gasteiger partial charge in [-0.25, -0.2) is 9.59 Å². The van der Waals surface area contributed by atoms with E-state index in [-0.39, 0.29) is 5.41 Å². The molecule has 0 bridgehead atoms. The Morgan fingerprint density at radius 1 is 0.621 bits per heavy atom. The van der Waals surface area contributed by atoms with Crippen molar-refractivity contribution in [1.29, 1.82) is 0 Å². The Balaban J connectivity index is 2.20. The minimum Gasteiger partial charge on any atom is -0.478 e. The van der Waals surface area contributed by atoms with E-state index >= 15 is 0 Å². The monoisotopic (exact) mass is 400 g/mol. The third kappa shape index (κ3) is 5.08. The predicted molar refractivity (Wildman–Crippen MR) is 110 cm³/mol. The van der Waals surface area contributed by atoms with Crippen molar-refractivity contribution in [2.24, 2.45) is 0 Å². The Bertz CT molecular complexity index is 803. The molecule has 2 rings (SSSR count). The Morgan fingerprint density at radius 2 is 0.897 bits per heavy atom. The van der Waals surface area contributed by atoms with Gasteiger partial charge in [0.25, 0.3) is 0 Å². The second kappa shape index (κ2) is 7.78. The average Bonchev–Trinajstić information content (AvgIpc) is 2.61. The van der Waals surface area contributed by atoms with Gasteiger partial charge in [0, 0.05) is 5.41 Å². The van der Waals surface area contributed by atoms with Crippen LogP contribution < -0.4 is 9.47 Å². The number of benzene rings is 2. The van der Waals surface area contributed by atoms with Gasteiger partial charge in [0.1, 0.15) is 11.5 Å². The molecule has 0 radical (unpaired) electrons. The highest BCUT2D eigenvalue weighted by Crippen LogP contribution is 2.34. The summed E-state index contributed by atoms with van der Waals surface area (Å²) in [4.78, 5) is 22.4. The molecule has 0 unspecified atom stereocenters. The Morgan fingerprint density at radius 3 is 1.14 bits per heavy atom. The van der Waals surface area contributed by atoms with Gasteiger partial charge in [-0.1, -0.05) is 38.1 Å². The zero-order chi connectivity index (χ0) is 22.0. The van der Waals surface area contributed by atoms with E-state index < -0.39 is 23.1 Å². The number of carboxylic acids is 2. The fourth-order valence-corrected chi connectivity index (χ4v) is 2.72. The lowest BCUT2D eigenvalue weighted by Gasteiger charge is -2.28. The zero-order valence-corrected chi connectivity index (χ0v) is 17.6. The summed E-state index contributed by atoms with van der Waals surface area (Å²) in [6.45, 7) is 10.2. The first-order valence-corrected chi connectivity index (χ1v) is 9.31. The maximum atomic E-state index is 11.2. The first-order chi connectivity index (χ1) is 13.3. The lowest BCUT2D eigenvalue weighted by Crippen LogP contribution is -2.37. The van der Waals surface area contributed by atoms with Crippen LogP contribution in [0.1, 0.15) is 52.7 Å². The molecule has 6 nitrogen and oxygen atoms in total. The van der Waals surface area contributed by atoms with Crippen LogP contribution in [0, 0.1) is 0 Å². The highest BCUT2D eigenvalue weighted by Gasteiger charge is 2.31. The van der Waals surface area contributed by atoms with Crippen molar-refractivity contribution < 1.29 is 29.3 Å². The van der Waals surface area contributed by atoms with Gasteiger partial charge < -0.3 is 19.7 Å². The molecule has 0 atom stereocenters. The van der Waals surface area contributed by atoms with E-state index in [1.165, 1.54) is 27.7 Å². The standard InChI is InChI=1S/C23H28O6/c1-21(2,15-7-11-17(12-8-15)28-22(3,4)19(24)25)16-9-13-18(14-10-16)29-23(5,6)20(26)27/h7-14H,1-6H3,(H,24,25)(H,26,27). The van der Waals surface area contributed by atoms with Crippen LogP contribution in [0.15, 0.2) is 48.5 Å². The number of hydrogen-bond acceptors (Lipinski definition) is 4. The number of carbonyl (C=O) groups is 2. The van der Waals surface area contributed by atoms with Gasteiger partial charge in [0.2, 0.25) is 0 Å². The maximum absolute atomic E-state index is 11.2. The molecule has 2 N–H and O–H groups in total. The molecule has 0 spiro atoms. The second-order valence-corrected chi connectivity index (χ2v) is 8.51. The minimum atomic E-state index is -1.31. The van der Waals surface area contributed by atoms with Gasteiger partial charge in [-0.2, -0.15) is 0 Å². The SMILES string of the molecule is CC(C)(Oc1ccc(C(C)(C)c2ccc(OC(C)(C)C(=O)O)cc2)cc1)C(=O)O. The molecular weight excluding hydrogens is 372 g/mol. The van der Waals surface area contributed by atoms with Crippen LogP contribution in [0.25, 0.3) is 0 Å². The largest absolute Gasteiger partial charge is 0.478 e. The summed E-state index contributed by atoms with van der Waals surface area (Å²) < 4.78 is 11.1. The highest BCUT2D eigenvalue weighted by atomic mass is 16.5. The summed E-state index contributed by atoms with van der Waals surface area (Å²) in [6, 6.07) is 14.7. The maximum Gasteiger partial charge on any atom is 0.347 e. The number of ether oxygens (including phenoxy) is 2. The molecule has 0 aliphatic heterocycles. The molecule has 2 aromatic rings. The molecular formula is C23H28O6. The Labute approximate surface area is 171 Å². The third-order valence-electron chi connectivity index (χ3n) is 4.93. The summed E-state index contributed by atoms with van der Waals surface area (Å²) in [7, 11) is 0. The van der Waals surface area contributed by atoms with Crippen LogP contribution >= 0.6 is 0 Å². The third-order valence-corrected chi connectivity index (χ3v) is 4.93. The van der Waals surface area contributed by atoms with Crippen LogP contribution in [0.5, 0.6) is 11.5 Å². The van der Waals surface area contributed by atoms with Gasteiger partial charge in [0.15, 0.2) is 11.2 Å². The summed E-state index contributed by atoms with van der Waals surface area (Å²) in [6.07, 6.45) is 0. The van der Waals surface area contributed by atoms with E-state index in [0.29, 0.717) is 11.5 Å². The first-order valence-electron chi connectivity index (χ1n) is 9.31. The molecule has 29 heavy (non-hydrogen) atoms. The molecule has 6 heteroatoms. The van der Waals surface area contributed by atoms with Crippen molar-refractivity contribution >= 4 is 11.9 Å². The lowest BCUT2D eigenvalue weighted by atomic mass is 9.78. The molecule has 0 aliphatic rings. The van der Waals surface area contributed by atoms with E-state index in [1.807, 2.05) is 24.3 Å². The van der Waals surface area contributed by atoms with Gasteiger partial charge in [-0.3, -0.25) is 0 Å². The van der Waals surface area contributed by atoms with Crippen LogP contribution in [0.4, 0.5) is 0 Å². The van der Waals surface area contributed by atoms with Crippen molar-refractivity contribution in [1.82, 2.24) is 0 Å². The fourth-order valence-electron chi connectivity index (χ4n) is 2.72. The van der Waals surface area contributed by atoms with Gasteiger partial charge in [0.05, 0.1) is 0 Å². The van der Waals surface area contributed by atoms with Gasteiger partial charge >= 0.3 is 11.9 Å². The quantitative estimate of drug-likeness (QED) is 0.678. The highest BCUT2D eigenvalue weighted by molar-refractivity contribution is 5.77. The molecule has 0 amide bonds. The zero-order valence-electron chi connectivity index (χ0n) is 17.6. The number of hydrogen-bond donors (Lipinski definition) is 2. The van der Waals surface area contributed by atoms with Crippen molar-refractivity contribution in [2.45, 2.75) is 58.2 Å². The van der Waals surface area contributed by atoms with Crippen molar-refractivity contribution in [2.75, 3.05) is 0 Å². The molecule has 2 aromatic carbocycles. The number of carboxylic acid groups (broad SMARTS) is 2. The molecule has 0 aromatic heterocycles. The van der Waals surface area contributed by atoms with E-state index in [4.69, 9.17) is 9.47 Å². The molecule has 0 fully saturated rings. The van der Waals surface area contributed by atoms with Crippen LogP contribution in [-0.4, -0.2) is 33.4 Å². The van der Waals surface area contributed by atoms with Crippen molar-refractivity contribution in [3.05, 3.63) is 59.7 Å². The fraction of sp³-hybridized carbons (Fsp3) is 0.391. The van der Waals surface area contributed by atoms with Crippen LogP contribution in [0.2, 0.25) is 0 Å². The summed E-state index contributed by atoms with van der Waals surface area (Å²) in [5, 5.41) is 18.4. The molecule has 0 aliphatic carbocycles. The summed E-state index contributed by atoms with van der Waals surface area (Å²) in [5.74, 6) is -1.10. The van der Waals surface area contributed by atoms with Gasteiger partial charge in [-0.05, 0) is 63.1 Å². The first kappa shape index (κ1) is 22.3. The molecule has 156 valence electrons. The molecule has 0 saturated heterocycles. The average molecular weight is 400 g/mol. The summed E-state index contributed by atoms with van der Waals surface area (Å²) >= 11 is 0. The van der Waals surface area contributed by atoms with E-state index in [0.717, 1.165) is 11.1 Å². The van der Waals surface area contributed by atoms with E-state index in [2.05, 4.69) is 13.8 Å². The van der Waals surface area contributed by atoms with Gasteiger partial charge in [-0.15, -0.1) is 0 Å². The van der Waals surface area contributed by atoms with Crippen molar-refractivity contribution in [3.8, 4) is 11.5 Å². The molecule has 0 saturated carbocycles. The smallest absolute Gasteiger partial charge is 0.347 e. The predicted octanol–water partition coefficient (Wildman–Crippen LogP) is 4.50. The topological polar surface area (TPSA) is 93.1 Å². The molecule has 0 heterocycles. The van der Waals surface area contributed by atoms with E-state index in [9.17, 15) is 19.8 Å². The Kier molecular flexibility index (Phi) is 5.97. The Hall–Kier alpha value is -3.02. The minimum absolute atomic E-state index is 0.332. The van der Waals surface area contributed by atoms with E-state index in [1.54, 1.807) is 24.3 Å². The second-order valence-electron chi connectivity index (χ2n) is 8.51. The van der Waals surface area contributed by atoms with Crippen molar-refractivity contribution in [3.63, 3.8) is 0 Å².